The third-order valence-electron chi connectivity index (χ3n) is 4.47. The Kier molecular flexibility index (Phi) is 7.61. The van der Waals surface area contributed by atoms with Crippen LogP contribution in [0.1, 0.15) is 56.3 Å². The van der Waals surface area contributed by atoms with Gasteiger partial charge in [-0.05, 0) is 49.4 Å². The van der Waals surface area contributed by atoms with Gasteiger partial charge in [0.1, 0.15) is 5.75 Å². The van der Waals surface area contributed by atoms with Gasteiger partial charge >= 0.3 is 5.97 Å². The lowest BCUT2D eigenvalue weighted by Gasteiger charge is -2.19. The molecule has 0 aromatic heterocycles. The molecule has 5 heteroatoms. The highest BCUT2D eigenvalue weighted by molar-refractivity contribution is 5.84. The van der Waals surface area contributed by atoms with Gasteiger partial charge in [0.05, 0.1) is 6.04 Å². The largest absolute Gasteiger partial charge is 0.482 e. The van der Waals surface area contributed by atoms with E-state index in [2.05, 4.69) is 19.2 Å². The lowest BCUT2D eigenvalue weighted by atomic mass is 10.0. The van der Waals surface area contributed by atoms with E-state index in [-0.39, 0.29) is 24.5 Å². The molecule has 0 spiro atoms. The molecule has 2 aromatic carbocycles. The Hall–Kier alpha value is -2.82. The van der Waals surface area contributed by atoms with Gasteiger partial charge in [0, 0.05) is 0 Å². The lowest BCUT2D eigenvalue weighted by molar-refractivity contribution is -0.156. The number of carbonyl (C=O) groups is 2. The molecule has 2 unspecified atom stereocenters. The van der Waals surface area contributed by atoms with Crippen LogP contribution in [0.25, 0.3) is 0 Å². The van der Waals surface area contributed by atoms with Gasteiger partial charge < -0.3 is 14.8 Å². The molecule has 150 valence electrons. The van der Waals surface area contributed by atoms with Crippen molar-refractivity contribution < 1.29 is 19.1 Å². The molecule has 0 saturated heterocycles. The molecule has 0 saturated carbocycles. The Balaban J connectivity index is 1.87. The highest BCUT2D eigenvalue weighted by atomic mass is 16.6. The van der Waals surface area contributed by atoms with Gasteiger partial charge in [-0.2, -0.15) is 0 Å². The van der Waals surface area contributed by atoms with E-state index in [4.69, 9.17) is 9.47 Å². The fraction of sp³-hybridized carbons (Fsp3) is 0.391. The molecule has 2 aromatic rings. The van der Waals surface area contributed by atoms with Crippen LogP contribution >= 0.6 is 0 Å². The van der Waals surface area contributed by atoms with E-state index in [9.17, 15) is 9.59 Å². The van der Waals surface area contributed by atoms with Crippen LogP contribution in [0.3, 0.4) is 0 Å². The topological polar surface area (TPSA) is 64.6 Å². The van der Waals surface area contributed by atoms with Crippen molar-refractivity contribution in [2.45, 2.75) is 52.7 Å². The minimum Gasteiger partial charge on any atom is -0.482 e. The van der Waals surface area contributed by atoms with Crippen molar-refractivity contribution in [3.05, 3.63) is 65.2 Å². The molecule has 0 bridgehead atoms. The van der Waals surface area contributed by atoms with E-state index in [1.54, 1.807) is 6.92 Å². The highest BCUT2D eigenvalue weighted by Crippen LogP contribution is 2.27. The second-order valence-corrected chi connectivity index (χ2v) is 7.26. The van der Waals surface area contributed by atoms with Crippen LogP contribution in [0.2, 0.25) is 0 Å². The summed E-state index contributed by atoms with van der Waals surface area (Å²) in [5, 5.41) is 2.85. The van der Waals surface area contributed by atoms with Crippen LogP contribution in [0.5, 0.6) is 5.75 Å². The number of esters is 1. The van der Waals surface area contributed by atoms with E-state index < -0.39 is 12.1 Å². The Morgan fingerprint density at radius 1 is 1.00 bits per heavy atom. The molecule has 0 aliphatic heterocycles. The normalized spacial score (nSPS) is 12.9. The summed E-state index contributed by atoms with van der Waals surface area (Å²) in [5.74, 6) is 0.0203. The predicted octanol–water partition coefficient (Wildman–Crippen LogP) is 4.31. The minimum atomic E-state index is -0.899. The quantitative estimate of drug-likeness (QED) is 0.690. The summed E-state index contributed by atoms with van der Waals surface area (Å²) >= 11 is 0. The summed E-state index contributed by atoms with van der Waals surface area (Å²) in [6, 6.07) is 15.4. The summed E-state index contributed by atoms with van der Waals surface area (Å²) in [5.41, 5.74) is 3.06. The van der Waals surface area contributed by atoms with Crippen molar-refractivity contribution in [1.29, 1.82) is 0 Å². The maximum Gasteiger partial charge on any atom is 0.344 e. The molecule has 0 heterocycles. The van der Waals surface area contributed by atoms with Crippen molar-refractivity contribution in [3.63, 3.8) is 0 Å². The third kappa shape index (κ3) is 6.12. The number of benzene rings is 2. The standard InChI is InChI=1S/C23H29NO4/c1-15(2)20-12-11-16(3)13-21(20)27-14-22(25)28-18(5)23(26)24-17(4)19-9-7-6-8-10-19/h6-13,15,17-18H,14H2,1-5H3,(H,24,26). The average Bonchev–Trinajstić information content (AvgIpc) is 2.66. The van der Waals surface area contributed by atoms with E-state index in [1.807, 2.05) is 62.4 Å². The van der Waals surface area contributed by atoms with Gasteiger partial charge in [0.2, 0.25) is 0 Å². The predicted molar refractivity (Wildman–Crippen MR) is 109 cm³/mol. The zero-order valence-electron chi connectivity index (χ0n) is 17.2. The van der Waals surface area contributed by atoms with Crippen molar-refractivity contribution in [3.8, 4) is 5.75 Å². The molecule has 1 N–H and O–H groups in total. The monoisotopic (exact) mass is 383 g/mol. The first-order valence-corrected chi connectivity index (χ1v) is 9.56. The molecular weight excluding hydrogens is 354 g/mol. The van der Waals surface area contributed by atoms with Crippen molar-refractivity contribution in [1.82, 2.24) is 5.32 Å². The Morgan fingerprint density at radius 2 is 1.68 bits per heavy atom. The number of carbonyl (C=O) groups excluding carboxylic acids is 2. The minimum absolute atomic E-state index is 0.174. The van der Waals surface area contributed by atoms with Crippen molar-refractivity contribution >= 4 is 11.9 Å². The van der Waals surface area contributed by atoms with E-state index in [0.717, 1.165) is 16.7 Å². The zero-order chi connectivity index (χ0) is 20.7. The van der Waals surface area contributed by atoms with Crippen LogP contribution in [0.4, 0.5) is 0 Å². The summed E-state index contributed by atoms with van der Waals surface area (Å²) < 4.78 is 10.9. The zero-order valence-corrected chi connectivity index (χ0v) is 17.2. The van der Waals surface area contributed by atoms with E-state index in [0.29, 0.717) is 5.75 Å². The fourth-order valence-electron chi connectivity index (χ4n) is 2.82. The van der Waals surface area contributed by atoms with Gasteiger partial charge in [-0.3, -0.25) is 4.79 Å². The Bertz CT molecular complexity index is 802. The first-order valence-electron chi connectivity index (χ1n) is 9.56. The first-order chi connectivity index (χ1) is 13.3. The van der Waals surface area contributed by atoms with E-state index >= 15 is 0 Å². The number of aryl methyl sites for hydroxylation is 1. The number of amides is 1. The number of nitrogens with one attached hydrogen (secondary N) is 1. The van der Waals surface area contributed by atoms with Crippen molar-refractivity contribution in [2.24, 2.45) is 0 Å². The maximum absolute atomic E-state index is 12.3. The van der Waals surface area contributed by atoms with Gasteiger partial charge in [0.25, 0.3) is 5.91 Å². The summed E-state index contributed by atoms with van der Waals surface area (Å²) in [6.45, 7) is 9.30. The molecule has 1 amide bonds. The number of hydrogen-bond acceptors (Lipinski definition) is 4. The SMILES string of the molecule is Cc1ccc(C(C)C)c(OCC(=O)OC(C)C(=O)NC(C)c2ccccc2)c1. The maximum atomic E-state index is 12.3. The molecule has 0 radical (unpaired) electrons. The Labute approximate surface area is 167 Å². The highest BCUT2D eigenvalue weighted by Gasteiger charge is 2.20. The second kappa shape index (κ2) is 9.93. The number of hydrogen-bond donors (Lipinski definition) is 1. The van der Waals surface area contributed by atoms with Crippen LogP contribution < -0.4 is 10.1 Å². The molecule has 2 rings (SSSR count). The van der Waals surface area contributed by atoms with Gasteiger partial charge in [-0.1, -0.05) is 56.3 Å². The lowest BCUT2D eigenvalue weighted by Crippen LogP contribution is -2.38. The molecule has 0 aliphatic rings. The van der Waals surface area contributed by atoms with Crippen LogP contribution in [0, 0.1) is 6.92 Å². The summed E-state index contributed by atoms with van der Waals surface area (Å²) in [4.78, 5) is 24.4. The first kappa shape index (κ1) is 21.5. The van der Waals surface area contributed by atoms with Crippen LogP contribution in [-0.4, -0.2) is 24.6 Å². The fourth-order valence-corrected chi connectivity index (χ4v) is 2.82. The molecule has 0 aliphatic carbocycles. The number of rotatable bonds is 8. The summed E-state index contributed by atoms with van der Waals surface area (Å²) in [6.07, 6.45) is -0.899. The third-order valence-corrected chi connectivity index (χ3v) is 4.47. The second-order valence-electron chi connectivity index (χ2n) is 7.26. The Morgan fingerprint density at radius 3 is 2.32 bits per heavy atom. The molecule has 2 atom stereocenters. The number of ether oxygens (including phenoxy) is 2. The molecule has 5 nitrogen and oxygen atoms in total. The molecular formula is C23H29NO4. The van der Waals surface area contributed by atoms with Gasteiger partial charge in [-0.25, -0.2) is 4.79 Å². The van der Waals surface area contributed by atoms with E-state index in [1.165, 1.54) is 0 Å². The van der Waals surface area contributed by atoms with Gasteiger partial charge in [0.15, 0.2) is 12.7 Å². The molecule has 28 heavy (non-hydrogen) atoms. The average molecular weight is 383 g/mol. The van der Waals surface area contributed by atoms with Gasteiger partial charge in [-0.15, -0.1) is 0 Å². The summed E-state index contributed by atoms with van der Waals surface area (Å²) in [7, 11) is 0. The smallest absolute Gasteiger partial charge is 0.344 e. The van der Waals surface area contributed by atoms with Crippen molar-refractivity contribution in [2.75, 3.05) is 6.61 Å². The molecule has 0 fully saturated rings. The van der Waals surface area contributed by atoms with Crippen LogP contribution in [0.15, 0.2) is 48.5 Å². The van der Waals surface area contributed by atoms with Crippen LogP contribution in [-0.2, 0) is 14.3 Å².